The lowest BCUT2D eigenvalue weighted by Gasteiger charge is -2.36. The van der Waals surface area contributed by atoms with Gasteiger partial charge in [-0.1, -0.05) is 92.7 Å². The van der Waals surface area contributed by atoms with E-state index in [2.05, 4.69) is 109 Å². The first kappa shape index (κ1) is 22.5. The summed E-state index contributed by atoms with van der Waals surface area (Å²) in [5.41, 5.74) is 8.40. The number of aromatic nitrogens is 1. The Bertz CT molecular complexity index is 1690. The zero-order valence-corrected chi connectivity index (χ0v) is 21.3. The number of amidine groups is 1. The summed E-state index contributed by atoms with van der Waals surface area (Å²) in [5, 5.41) is 3.71. The number of nitrogens with zero attached hydrogens (tertiary/aromatic N) is 2. The number of nitrogens with one attached hydrogen (secondary N) is 1. The Morgan fingerprint density at radius 2 is 1.63 bits per heavy atom. The Morgan fingerprint density at radius 3 is 2.53 bits per heavy atom. The average molecular weight is 494 g/mol. The molecule has 1 aromatic heterocycles. The molecule has 0 fully saturated rings. The molecule has 0 bridgehead atoms. The predicted molar refractivity (Wildman–Crippen MR) is 153 cm³/mol. The topological polar surface area (TPSA) is 46.5 Å². The molecule has 184 valence electrons. The van der Waals surface area contributed by atoms with E-state index >= 15 is 0 Å². The van der Waals surface area contributed by atoms with Gasteiger partial charge in [-0.05, 0) is 30.3 Å². The minimum atomic E-state index is -0.185. The van der Waals surface area contributed by atoms with Crippen LogP contribution in [0.15, 0.2) is 126 Å². The van der Waals surface area contributed by atoms with Crippen LogP contribution < -0.4 is 10.1 Å². The van der Waals surface area contributed by atoms with Gasteiger partial charge in [-0.25, -0.2) is 0 Å². The van der Waals surface area contributed by atoms with Gasteiger partial charge < -0.3 is 10.1 Å². The third-order valence-corrected chi connectivity index (χ3v) is 7.63. The van der Waals surface area contributed by atoms with Gasteiger partial charge in [0.15, 0.2) is 0 Å². The number of ether oxygens (including phenoxy) is 1. The van der Waals surface area contributed by atoms with E-state index in [4.69, 9.17) is 9.73 Å². The first-order chi connectivity index (χ1) is 18.6. The molecule has 1 aliphatic carbocycles. The molecule has 3 heterocycles. The second-order valence-electron chi connectivity index (χ2n) is 10.3. The predicted octanol–water partition coefficient (Wildman–Crippen LogP) is 7.44. The fraction of sp³-hybridized carbons (Fsp3) is 0.118. The van der Waals surface area contributed by atoms with Gasteiger partial charge in [-0.15, -0.1) is 0 Å². The highest BCUT2D eigenvalue weighted by Crippen LogP contribution is 2.50. The first-order valence-corrected chi connectivity index (χ1v) is 13.0. The minimum absolute atomic E-state index is 0.0792. The van der Waals surface area contributed by atoms with E-state index < -0.39 is 0 Å². The van der Waals surface area contributed by atoms with Crippen molar-refractivity contribution in [3.8, 4) is 22.8 Å². The lowest BCUT2D eigenvalue weighted by atomic mass is 9.75. The highest BCUT2D eigenvalue weighted by atomic mass is 16.5. The standard InChI is InChI=1S/C34H27N3O/c1-34(2)26-15-4-6-19-30(26)38-32-25(14-10-16-27(32)34)31-24-13-3-5-18-29(24)36-33(37-31)23-12-9-11-22(21-23)28-17-7-8-20-35-28/h3-21,29H,1-2H3,(H,36,37). The summed E-state index contributed by atoms with van der Waals surface area (Å²) in [6.45, 7) is 4.54. The molecule has 38 heavy (non-hydrogen) atoms. The smallest absolute Gasteiger partial charge is 0.140 e. The van der Waals surface area contributed by atoms with Crippen molar-refractivity contribution in [1.82, 2.24) is 10.3 Å². The number of rotatable bonds is 3. The van der Waals surface area contributed by atoms with E-state index in [0.29, 0.717) is 0 Å². The summed E-state index contributed by atoms with van der Waals surface area (Å²) in [4.78, 5) is 9.65. The van der Waals surface area contributed by atoms with Crippen molar-refractivity contribution in [2.45, 2.75) is 25.3 Å². The van der Waals surface area contributed by atoms with Crippen LogP contribution in [0, 0.1) is 0 Å². The number of aliphatic imine (C=N–C) groups is 1. The number of benzene rings is 3. The highest BCUT2D eigenvalue weighted by Gasteiger charge is 2.36. The van der Waals surface area contributed by atoms with Crippen LogP contribution in [-0.2, 0) is 5.41 Å². The van der Waals surface area contributed by atoms with Gasteiger partial charge in [-0.2, -0.15) is 0 Å². The minimum Gasteiger partial charge on any atom is -0.456 e. The van der Waals surface area contributed by atoms with Crippen LogP contribution in [-0.4, -0.2) is 16.9 Å². The van der Waals surface area contributed by atoms with Crippen molar-refractivity contribution in [3.63, 3.8) is 0 Å². The van der Waals surface area contributed by atoms with Crippen molar-refractivity contribution in [3.05, 3.63) is 143 Å². The molecule has 4 aromatic rings. The zero-order chi connectivity index (χ0) is 25.7. The Hall–Kier alpha value is -4.70. The second-order valence-corrected chi connectivity index (χ2v) is 10.3. The molecule has 0 saturated heterocycles. The molecular formula is C34H27N3O. The molecule has 1 N–H and O–H groups in total. The maximum atomic E-state index is 6.63. The van der Waals surface area contributed by atoms with E-state index in [1.807, 2.05) is 30.5 Å². The fourth-order valence-corrected chi connectivity index (χ4v) is 5.63. The molecule has 0 radical (unpaired) electrons. The van der Waals surface area contributed by atoms with E-state index in [1.165, 1.54) is 11.1 Å². The van der Waals surface area contributed by atoms with Crippen molar-refractivity contribution in [2.24, 2.45) is 4.99 Å². The summed E-state index contributed by atoms with van der Waals surface area (Å²) in [5.74, 6) is 2.64. The van der Waals surface area contributed by atoms with E-state index in [0.717, 1.165) is 51.0 Å². The third kappa shape index (κ3) is 3.60. The van der Waals surface area contributed by atoms with Crippen LogP contribution in [0.3, 0.4) is 0 Å². The van der Waals surface area contributed by atoms with Gasteiger partial charge in [0.1, 0.15) is 17.3 Å². The lowest BCUT2D eigenvalue weighted by Crippen LogP contribution is -2.33. The van der Waals surface area contributed by atoms with Gasteiger partial charge in [0.2, 0.25) is 0 Å². The van der Waals surface area contributed by atoms with Gasteiger partial charge in [0.25, 0.3) is 0 Å². The fourth-order valence-electron chi connectivity index (χ4n) is 5.63. The molecule has 0 spiro atoms. The van der Waals surface area contributed by atoms with Crippen LogP contribution in [0.5, 0.6) is 11.5 Å². The quantitative estimate of drug-likeness (QED) is 0.323. The van der Waals surface area contributed by atoms with Crippen LogP contribution in [0.4, 0.5) is 0 Å². The molecule has 3 aliphatic rings. The van der Waals surface area contributed by atoms with E-state index in [-0.39, 0.29) is 11.5 Å². The van der Waals surface area contributed by atoms with Crippen LogP contribution in [0.2, 0.25) is 0 Å². The van der Waals surface area contributed by atoms with Crippen molar-refractivity contribution < 1.29 is 4.74 Å². The summed E-state index contributed by atoms with van der Waals surface area (Å²) in [6, 6.07) is 29.1. The summed E-state index contributed by atoms with van der Waals surface area (Å²) in [6.07, 6.45) is 10.3. The molecule has 1 atom stereocenters. The van der Waals surface area contributed by atoms with Gasteiger partial charge in [-0.3, -0.25) is 9.98 Å². The van der Waals surface area contributed by atoms with Crippen molar-refractivity contribution >= 4 is 11.5 Å². The molecule has 4 heteroatoms. The number of allylic oxidation sites excluding steroid dienone is 2. The number of hydrogen-bond donors (Lipinski definition) is 1. The Balaban J connectivity index is 1.35. The number of para-hydroxylation sites is 2. The molecule has 0 saturated carbocycles. The average Bonchev–Trinajstić information content (AvgIpc) is 2.97. The lowest BCUT2D eigenvalue weighted by molar-refractivity contribution is 0.416. The monoisotopic (exact) mass is 493 g/mol. The van der Waals surface area contributed by atoms with Gasteiger partial charge in [0.05, 0.1) is 17.4 Å². The maximum Gasteiger partial charge on any atom is 0.140 e. The first-order valence-electron chi connectivity index (χ1n) is 13.0. The van der Waals surface area contributed by atoms with E-state index in [1.54, 1.807) is 0 Å². The van der Waals surface area contributed by atoms with Crippen LogP contribution in [0.25, 0.3) is 17.0 Å². The second kappa shape index (κ2) is 8.70. The van der Waals surface area contributed by atoms with Crippen LogP contribution in [0.1, 0.15) is 36.1 Å². The molecule has 2 aliphatic heterocycles. The SMILES string of the molecule is CC1(C)c2ccccc2Oc2c(C3=C4C=CC=CC4N=C(c4cccc(-c5ccccn5)c4)N3)cccc21. The molecular weight excluding hydrogens is 466 g/mol. The molecule has 0 amide bonds. The van der Waals surface area contributed by atoms with Crippen molar-refractivity contribution in [1.29, 1.82) is 0 Å². The number of fused-ring (bicyclic) bond motifs is 3. The third-order valence-electron chi connectivity index (χ3n) is 7.63. The Kier molecular flexibility index (Phi) is 5.15. The molecule has 4 nitrogen and oxygen atoms in total. The summed E-state index contributed by atoms with van der Waals surface area (Å²) < 4.78 is 6.63. The largest absolute Gasteiger partial charge is 0.456 e. The normalized spacial score (nSPS) is 18.5. The van der Waals surface area contributed by atoms with Crippen LogP contribution >= 0.6 is 0 Å². The molecule has 7 rings (SSSR count). The van der Waals surface area contributed by atoms with Gasteiger partial charge in [0, 0.05) is 45.0 Å². The zero-order valence-electron chi connectivity index (χ0n) is 21.3. The van der Waals surface area contributed by atoms with E-state index in [9.17, 15) is 0 Å². The Morgan fingerprint density at radius 1 is 0.816 bits per heavy atom. The molecule has 3 aromatic carbocycles. The summed E-state index contributed by atoms with van der Waals surface area (Å²) >= 11 is 0. The number of hydrogen-bond acceptors (Lipinski definition) is 4. The van der Waals surface area contributed by atoms with Crippen molar-refractivity contribution in [2.75, 3.05) is 0 Å². The summed E-state index contributed by atoms with van der Waals surface area (Å²) in [7, 11) is 0. The highest BCUT2D eigenvalue weighted by molar-refractivity contribution is 6.07. The molecule has 1 unspecified atom stereocenters. The maximum absolute atomic E-state index is 6.63. The van der Waals surface area contributed by atoms with Gasteiger partial charge >= 0.3 is 0 Å². The number of pyridine rings is 1. The Labute approximate surface area is 222 Å².